The van der Waals surface area contributed by atoms with Crippen molar-refractivity contribution in [2.45, 2.75) is 25.6 Å². The zero-order chi connectivity index (χ0) is 24.5. The average Bonchev–Trinajstić information content (AvgIpc) is 3.40. The Hall–Kier alpha value is -3.70. The van der Waals surface area contributed by atoms with Gasteiger partial charge in [0.25, 0.3) is 5.91 Å². The third-order valence-corrected chi connectivity index (χ3v) is 6.33. The van der Waals surface area contributed by atoms with Crippen LogP contribution in [-0.2, 0) is 33.7 Å². The predicted molar refractivity (Wildman–Crippen MR) is 114 cm³/mol. The number of aryl methyl sites for hydroxylation is 3. The molecule has 3 aromatic heterocycles. The van der Waals surface area contributed by atoms with Crippen molar-refractivity contribution in [1.82, 2.24) is 34.2 Å². The zero-order valence-electron chi connectivity index (χ0n) is 18.9. The number of benzene rings is 1. The van der Waals surface area contributed by atoms with Gasteiger partial charge in [-0.3, -0.25) is 18.8 Å². The molecule has 1 unspecified atom stereocenters. The van der Waals surface area contributed by atoms with E-state index in [2.05, 4.69) is 15.3 Å². The van der Waals surface area contributed by atoms with Gasteiger partial charge in [0, 0.05) is 38.6 Å². The van der Waals surface area contributed by atoms with Crippen LogP contribution in [0.25, 0.3) is 22.3 Å². The van der Waals surface area contributed by atoms with Crippen LogP contribution in [0, 0.1) is 5.82 Å². The number of alkyl halides is 3. The lowest BCUT2D eigenvalue weighted by molar-refractivity contribution is -0.141. The van der Waals surface area contributed by atoms with Crippen LogP contribution in [0.15, 0.2) is 24.3 Å². The topological polar surface area (TPSA) is 73.8 Å². The summed E-state index contributed by atoms with van der Waals surface area (Å²) in [6.07, 6.45) is -4.17. The van der Waals surface area contributed by atoms with Gasteiger partial charge >= 0.3 is 6.18 Å². The summed E-state index contributed by atoms with van der Waals surface area (Å²) in [5, 5.41) is 12.9. The van der Waals surface area contributed by atoms with Crippen LogP contribution in [-0.4, -0.2) is 46.7 Å². The summed E-state index contributed by atoms with van der Waals surface area (Å²) in [6, 6.07) is 4.72. The normalized spacial score (nSPS) is 16.4. The summed E-state index contributed by atoms with van der Waals surface area (Å²) >= 11 is 0. The largest absolute Gasteiger partial charge is 0.435 e. The maximum absolute atomic E-state index is 13.9. The second-order valence-corrected chi connectivity index (χ2v) is 8.43. The summed E-state index contributed by atoms with van der Waals surface area (Å²) in [5.74, 6) is -0.825. The van der Waals surface area contributed by atoms with E-state index in [0.717, 1.165) is 11.6 Å². The van der Waals surface area contributed by atoms with E-state index in [1.807, 2.05) is 6.92 Å². The molecule has 12 heteroatoms. The molecule has 8 nitrogen and oxygen atoms in total. The Morgan fingerprint density at radius 3 is 2.44 bits per heavy atom. The number of carbonyl (C=O) groups is 1. The Labute approximate surface area is 191 Å². The van der Waals surface area contributed by atoms with Gasteiger partial charge in [-0.1, -0.05) is 0 Å². The third kappa shape index (κ3) is 3.27. The standard InChI is InChI=1S/C22H21F4N7O/c1-11-18-13(20(32(4)28-18)16-10-17(22(24,25)26)27-31(16)3)7-8-33(11)21(34)19-14-9-12(23)5-6-15(14)30(2)29-19/h5-6,9-11H,7-8H2,1-4H3. The highest BCUT2D eigenvalue weighted by Gasteiger charge is 2.38. The molecular formula is C22H21F4N7O. The molecule has 1 aliphatic heterocycles. The lowest BCUT2D eigenvalue weighted by Gasteiger charge is -2.32. The van der Waals surface area contributed by atoms with Gasteiger partial charge in [0.15, 0.2) is 11.4 Å². The highest BCUT2D eigenvalue weighted by molar-refractivity contribution is 6.05. The fourth-order valence-corrected chi connectivity index (χ4v) is 4.70. The molecule has 1 atom stereocenters. The Morgan fingerprint density at radius 1 is 1.03 bits per heavy atom. The molecule has 0 fully saturated rings. The molecule has 0 saturated carbocycles. The second-order valence-electron chi connectivity index (χ2n) is 8.43. The minimum Gasteiger partial charge on any atom is -0.328 e. The zero-order valence-corrected chi connectivity index (χ0v) is 18.9. The van der Waals surface area contributed by atoms with E-state index in [-0.39, 0.29) is 11.6 Å². The number of amides is 1. The van der Waals surface area contributed by atoms with Crippen molar-refractivity contribution in [2.24, 2.45) is 21.1 Å². The lowest BCUT2D eigenvalue weighted by Crippen LogP contribution is -2.39. The molecule has 1 aliphatic rings. The third-order valence-electron chi connectivity index (χ3n) is 6.33. The fraction of sp³-hybridized carbons (Fsp3) is 0.364. The van der Waals surface area contributed by atoms with Gasteiger partial charge in [0.2, 0.25) is 0 Å². The van der Waals surface area contributed by atoms with Crippen LogP contribution in [0.3, 0.4) is 0 Å². The summed E-state index contributed by atoms with van der Waals surface area (Å²) in [5.41, 5.74) is 1.99. The first-order chi connectivity index (χ1) is 16.0. The molecule has 0 saturated heterocycles. The van der Waals surface area contributed by atoms with Crippen LogP contribution < -0.4 is 0 Å². The Kier molecular flexibility index (Phi) is 4.81. The average molecular weight is 475 g/mol. The second kappa shape index (κ2) is 7.40. The molecule has 4 heterocycles. The van der Waals surface area contributed by atoms with Gasteiger partial charge in [0.05, 0.1) is 28.6 Å². The SMILES string of the molecule is CC1c2nn(C)c(-c3cc(C(F)(F)F)nn3C)c2CCN1C(=O)c1nn(C)c2ccc(F)cc12. The van der Waals surface area contributed by atoms with Gasteiger partial charge in [-0.25, -0.2) is 4.39 Å². The molecule has 4 aromatic rings. The van der Waals surface area contributed by atoms with Gasteiger partial charge in [-0.2, -0.15) is 28.5 Å². The van der Waals surface area contributed by atoms with E-state index in [0.29, 0.717) is 41.0 Å². The number of fused-ring (bicyclic) bond motifs is 2. The fourth-order valence-electron chi connectivity index (χ4n) is 4.70. The number of hydrogen-bond donors (Lipinski definition) is 0. The van der Waals surface area contributed by atoms with Crippen LogP contribution in [0.1, 0.15) is 40.4 Å². The van der Waals surface area contributed by atoms with Gasteiger partial charge in [-0.15, -0.1) is 0 Å². The van der Waals surface area contributed by atoms with Crippen molar-refractivity contribution in [3.63, 3.8) is 0 Å². The summed E-state index contributed by atoms with van der Waals surface area (Å²) in [4.78, 5) is 15.0. The molecule has 0 radical (unpaired) electrons. The molecule has 0 bridgehead atoms. The minimum absolute atomic E-state index is 0.143. The van der Waals surface area contributed by atoms with Crippen molar-refractivity contribution in [3.05, 3.63) is 52.7 Å². The van der Waals surface area contributed by atoms with E-state index in [1.165, 1.54) is 33.2 Å². The molecule has 34 heavy (non-hydrogen) atoms. The van der Waals surface area contributed by atoms with E-state index in [1.54, 1.807) is 25.1 Å². The predicted octanol–water partition coefficient (Wildman–Crippen LogP) is 3.62. The van der Waals surface area contributed by atoms with Crippen LogP contribution in [0.2, 0.25) is 0 Å². The van der Waals surface area contributed by atoms with Gasteiger partial charge in [-0.05, 0) is 37.6 Å². The van der Waals surface area contributed by atoms with Gasteiger partial charge < -0.3 is 4.90 Å². The number of nitrogens with zero attached hydrogens (tertiary/aromatic N) is 7. The van der Waals surface area contributed by atoms with Crippen LogP contribution in [0.5, 0.6) is 0 Å². The molecule has 0 N–H and O–H groups in total. The molecule has 1 amide bonds. The Bertz CT molecular complexity index is 1450. The molecule has 178 valence electrons. The van der Waals surface area contributed by atoms with Crippen molar-refractivity contribution in [2.75, 3.05) is 6.54 Å². The quantitative estimate of drug-likeness (QED) is 0.415. The first-order valence-corrected chi connectivity index (χ1v) is 10.6. The molecule has 1 aromatic carbocycles. The summed E-state index contributed by atoms with van der Waals surface area (Å²) in [7, 11) is 4.79. The van der Waals surface area contributed by atoms with Crippen molar-refractivity contribution >= 4 is 16.8 Å². The lowest BCUT2D eigenvalue weighted by atomic mass is 9.96. The smallest absolute Gasteiger partial charge is 0.328 e. The number of rotatable bonds is 2. The number of hydrogen-bond acceptors (Lipinski definition) is 4. The van der Waals surface area contributed by atoms with Crippen LogP contribution in [0.4, 0.5) is 17.6 Å². The Balaban J connectivity index is 1.53. The van der Waals surface area contributed by atoms with E-state index in [9.17, 15) is 22.4 Å². The first kappa shape index (κ1) is 22.1. The number of carbonyl (C=O) groups excluding carboxylic acids is 1. The molecule has 5 rings (SSSR count). The van der Waals surface area contributed by atoms with Crippen molar-refractivity contribution < 1.29 is 22.4 Å². The highest BCUT2D eigenvalue weighted by Crippen LogP contribution is 2.38. The summed E-state index contributed by atoms with van der Waals surface area (Å²) in [6.45, 7) is 2.12. The van der Waals surface area contributed by atoms with Gasteiger partial charge in [0.1, 0.15) is 5.82 Å². The highest BCUT2D eigenvalue weighted by atomic mass is 19.4. The number of aromatic nitrogens is 6. The molecule has 0 aliphatic carbocycles. The maximum atomic E-state index is 13.9. The van der Waals surface area contributed by atoms with Crippen LogP contribution >= 0.6 is 0 Å². The van der Waals surface area contributed by atoms with E-state index >= 15 is 0 Å². The monoisotopic (exact) mass is 475 g/mol. The minimum atomic E-state index is -4.56. The molecular weight excluding hydrogens is 454 g/mol. The van der Waals surface area contributed by atoms with Crippen molar-refractivity contribution in [3.8, 4) is 11.4 Å². The Morgan fingerprint density at radius 2 is 1.76 bits per heavy atom. The summed E-state index contributed by atoms with van der Waals surface area (Å²) < 4.78 is 57.7. The maximum Gasteiger partial charge on any atom is 0.435 e. The van der Waals surface area contributed by atoms with Crippen molar-refractivity contribution in [1.29, 1.82) is 0 Å². The van der Waals surface area contributed by atoms with E-state index < -0.39 is 23.7 Å². The van der Waals surface area contributed by atoms with E-state index in [4.69, 9.17) is 0 Å². The number of halogens is 4. The molecule has 0 spiro atoms. The first-order valence-electron chi connectivity index (χ1n) is 10.6.